The van der Waals surface area contributed by atoms with E-state index in [2.05, 4.69) is 18.2 Å². The molecule has 0 spiro atoms. The summed E-state index contributed by atoms with van der Waals surface area (Å²) in [4.78, 5) is 0. The summed E-state index contributed by atoms with van der Waals surface area (Å²) in [5.41, 5.74) is 12.2. The van der Waals surface area contributed by atoms with E-state index in [0.29, 0.717) is 0 Å². The molecule has 0 saturated heterocycles. The molecule has 0 aliphatic heterocycles. The molecule has 0 aromatic rings. The van der Waals surface area contributed by atoms with Crippen molar-refractivity contribution >= 4 is 0 Å². The fraction of sp³-hybridized carbons (Fsp3) is 0.294. The van der Waals surface area contributed by atoms with Gasteiger partial charge in [-0.1, -0.05) is 18.2 Å². The molecule has 1 unspecified atom stereocenters. The maximum absolute atomic E-state index is 9.60. The zero-order valence-electron chi connectivity index (χ0n) is 10.5. The minimum absolute atomic E-state index is 0.0798. The molecular weight excluding hydrogens is 236 g/mol. The second-order valence-electron chi connectivity index (χ2n) is 5.87. The molecule has 94 valence electrons. The first-order valence-corrected chi connectivity index (χ1v) is 6.88. The highest BCUT2D eigenvalue weighted by molar-refractivity contribution is 5.86. The maximum Gasteiger partial charge on any atom is 0.0685 e. The van der Waals surface area contributed by atoms with Crippen LogP contribution in [-0.4, -0.2) is 23.4 Å². The Labute approximate surface area is 111 Å². The largest absolute Gasteiger partial charge is 0.395 e. The average molecular weight is 250 g/mol. The lowest BCUT2D eigenvalue weighted by Gasteiger charge is -2.17. The Morgan fingerprint density at radius 2 is 1.68 bits per heavy atom. The van der Waals surface area contributed by atoms with Crippen molar-refractivity contribution in [3.8, 4) is 0 Å². The summed E-state index contributed by atoms with van der Waals surface area (Å²) < 4.78 is 0. The predicted octanol–water partition coefficient (Wildman–Crippen LogP) is 2.10. The standard InChI is InChI=1S/C17H14O2/c18-6-10-4-11(7-19)17-13-5-12(16(10)17)14-8-1-2-9(3-8)15(13)14/h1-2,4,10,18-19H,3,5-7H2. The molecule has 0 aromatic heterocycles. The van der Waals surface area contributed by atoms with Crippen LogP contribution in [0.5, 0.6) is 0 Å². The van der Waals surface area contributed by atoms with E-state index >= 15 is 0 Å². The van der Waals surface area contributed by atoms with E-state index in [9.17, 15) is 10.2 Å². The van der Waals surface area contributed by atoms with Gasteiger partial charge < -0.3 is 10.2 Å². The second-order valence-corrected chi connectivity index (χ2v) is 5.87. The smallest absolute Gasteiger partial charge is 0.0685 e. The first kappa shape index (κ1) is 10.2. The number of allylic oxidation sites excluding steroid dienone is 8. The Morgan fingerprint density at radius 3 is 2.37 bits per heavy atom. The molecule has 1 saturated carbocycles. The molecule has 19 heavy (non-hydrogen) atoms. The third-order valence-electron chi connectivity index (χ3n) is 5.07. The third-order valence-corrected chi connectivity index (χ3v) is 5.07. The molecule has 2 nitrogen and oxygen atoms in total. The fourth-order valence-electron chi connectivity index (χ4n) is 4.45. The summed E-state index contributed by atoms with van der Waals surface area (Å²) in [5.74, 6) is 0.0902. The van der Waals surface area contributed by atoms with Crippen molar-refractivity contribution in [1.29, 1.82) is 0 Å². The van der Waals surface area contributed by atoms with Crippen LogP contribution in [0.2, 0.25) is 0 Å². The highest BCUT2D eigenvalue weighted by atomic mass is 16.3. The van der Waals surface area contributed by atoms with Gasteiger partial charge in [-0.25, -0.2) is 0 Å². The van der Waals surface area contributed by atoms with Crippen LogP contribution in [0.4, 0.5) is 0 Å². The fourth-order valence-corrected chi connectivity index (χ4v) is 4.45. The summed E-state index contributed by atoms with van der Waals surface area (Å²) in [5, 5.41) is 19.2. The van der Waals surface area contributed by atoms with Gasteiger partial charge >= 0.3 is 0 Å². The van der Waals surface area contributed by atoms with Crippen LogP contribution in [0.3, 0.4) is 0 Å². The molecule has 4 bridgehead atoms. The Bertz CT molecular complexity index is 735. The first-order valence-electron chi connectivity index (χ1n) is 6.88. The molecule has 1 atom stereocenters. The van der Waals surface area contributed by atoms with Gasteiger partial charge in [-0.2, -0.15) is 0 Å². The van der Waals surface area contributed by atoms with Crippen LogP contribution in [0.25, 0.3) is 0 Å². The van der Waals surface area contributed by atoms with Crippen molar-refractivity contribution in [2.45, 2.75) is 12.8 Å². The molecule has 0 heterocycles. The van der Waals surface area contributed by atoms with Gasteiger partial charge in [0.05, 0.1) is 13.2 Å². The number of aliphatic hydroxyl groups is 2. The van der Waals surface area contributed by atoms with Crippen LogP contribution in [0.1, 0.15) is 12.8 Å². The van der Waals surface area contributed by atoms with Gasteiger partial charge in [0.25, 0.3) is 0 Å². The molecule has 0 radical (unpaired) electrons. The van der Waals surface area contributed by atoms with Crippen LogP contribution in [0.15, 0.2) is 68.4 Å². The maximum atomic E-state index is 9.60. The van der Waals surface area contributed by atoms with Crippen LogP contribution in [0, 0.1) is 5.92 Å². The van der Waals surface area contributed by atoms with Crippen molar-refractivity contribution in [2.75, 3.05) is 13.2 Å². The average Bonchev–Trinajstić information content (AvgIpc) is 3.19. The highest BCUT2D eigenvalue weighted by Crippen LogP contribution is 2.62. The van der Waals surface area contributed by atoms with E-state index in [1.54, 1.807) is 0 Å². The van der Waals surface area contributed by atoms with E-state index in [-0.39, 0.29) is 19.1 Å². The van der Waals surface area contributed by atoms with Crippen LogP contribution < -0.4 is 0 Å². The molecule has 5 aliphatic carbocycles. The topological polar surface area (TPSA) is 40.5 Å². The van der Waals surface area contributed by atoms with Gasteiger partial charge in [-0.15, -0.1) is 0 Å². The Morgan fingerprint density at radius 1 is 0.947 bits per heavy atom. The van der Waals surface area contributed by atoms with E-state index in [4.69, 9.17) is 0 Å². The summed E-state index contributed by atoms with van der Waals surface area (Å²) in [6.07, 6.45) is 8.63. The van der Waals surface area contributed by atoms with E-state index in [0.717, 1.165) is 18.4 Å². The Kier molecular flexibility index (Phi) is 1.65. The number of hydrogen-bond donors (Lipinski definition) is 2. The predicted molar refractivity (Wildman–Crippen MR) is 72.2 cm³/mol. The Hall–Kier alpha value is -1.64. The van der Waals surface area contributed by atoms with Gasteiger partial charge in [0.2, 0.25) is 0 Å². The number of fused-ring (bicyclic) bond motifs is 9. The Balaban J connectivity index is 1.81. The number of hydrogen-bond acceptors (Lipinski definition) is 2. The van der Waals surface area contributed by atoms with Gasteiger partial charge in [0, 0.05) is 5.92 Å². The highest BCUT2D eigenvalue weighted by Gasteiger charge is 2.46. The van der Waals surface area contributed by atoms with Crippen LogP contribution in [-0.2, 0) is 0 Å². The lowest BCUT2D eigenvalue weighted by molar-refractivity contribution is 0.270. The number of aliphatic hydroxyl groups excluding tert-OH is 2. The minimum Gasteiger partial charge on any atom is -0.395 e. The first-order chi connectivity index (χ1) is 9.33. The number of rotatable bonds is 2. The molecule has 5 aliphatic rings. The zero-order chi connectivity index (χ0) is 12.7. The van der Waals surface area contributed by atoms with Gasteiger partial charge in [-0.3, -0.25) is 0 Å². The lowest BCUT2D eigenvalue weighted by atomic mass is 9.87. The molecule has 2 heteroatoms. The summed E-state index contributed by atoms with van der Waals surface area (Å²) >= 11 is 0. The van der Waals surface area contributed by atoms with Gasteiger partial charge in [0.1, 0.15) is 0 Å². The van der Waals surface area contributed by atoms with Crippen molar-refractivity contribution in [1.82, 2.24) is 0 Å². The van der Waals surface area contributed by atoms with Gasteiger partial charge in [-0.05, 0) is 63.0 Å². The van der Waals surface area contributed by atoms with Crippen LogP contribution >= 0.6 is 0 Å². The van der Waals surface area contributed by atoms with Gasteiger partial charge in [0.15, 0.2) is 0 Å². The molecule has 2 N–H and O–H groups in total. The van der Waals surface area contributed by atoms with Crippen molar-refractivity contribution in [3.05, 3.63) is 68.4 Å². The monoisotopic (exact) mass is 250 g/mol. The lowest BCUT2D eigenvalue weighted by Crippen LogP contribution is -2.07. The molecular formula is C17H14O2. The molecule has 5 rings (SSSR count). The minimum atomic E-state index is 0.0798. The van der Waals surface area contributed by atoms with E-state index < -0.39 is 0 Å². The third kappa shape index (κ3) is 0.957. The SMILES string of the molecule is OCC1=CC(CO)C2=C1C1=C3C4=CC=C(C4)C3=C2C1. The van der Waals surface area contributed by atoms with Crippen molar-refractivity contribution in [2.24, 2.45) is 5.92 Å². The molecule has 0 aromatic carbocycles. The van der Waals surface area contributed by atoms with Crippen molar-refractivity contribution < 1.29 is 10.2 Å². The van der Waals surface area contributed by atoms with Crippen molar-refractivity contribution in [3.63, 3.8) is 0 Å². The summed E-state index contributed by atoms with van der Waals surface area (Å²) in [7, 11) is 0. The molecule has 1 fully saturated rings. The van der Waals surface area contributed by atoms with E-state index in [1.807, 2.05) is 0 Å². The second kappa shape index (κ2) is 3.09. The zero-order valence-corrected chi connectivity index (χ0v) is 10.5. The quantitative estimate of drug-likeness (QED) is 0.788. The van der Waals surface area contributed by atoms with E-state index in [1.165, 1.54) is 44.6 Å². The molecule has 0 amide bonds. The normalized spacial score (nSPS) is 29.4. The summed E-state index contributed by atoms with van der Waals surface area (Å²) in [6, 6.07) is 0. The summed E-state index contributed by atoms with van der Waals surface area (Å²) in [6.45, 7) is 0.222.